The van der Waals surface area contributed by atoms with Gasteiger partial charge in [0.25, 0.3) is 5.91 Å². The standard InChI is InChI=1S/C23H21N3O4/c1-25-19-9-4-8-16(19)18(24-25)14-26(13-15-6-5-11-29-15)23(28)22-12-20(27)17-7-2-3-10-21(17)30-22/h2-3,5-7,10-12H,4,8-9,13-14H2,1H3. The molecule has 1 aliphatic carbocycles. The lowest BCUT2D eigenvalue weighted by Gasteiger charge is -2.20. The molecule has 0 fully saturated rings. The summed E-state index contributed by atoms with van der Waals surface area (Å²) in [7, 11) is 1.94. The first-order chi connectivity index (χ1) is 14.6. The van der Waals surface area contributed by atoms with Crippen molar-refractivity contribution in [3.8, 4) is 0 Å². The molecule has 0 spiro atoms. The summed E-state index contributed by atoms with van der Waals surface area (Å²) in [6.45, 7) is 0.576. The van der Waals surface area contributed by atoms with E-state index in [0.29, 0.717) is 23.3 Å². The smallest absolute Gasteiger partial charge is 0.290 e. The molecule has 1 aliphatic rings. The van der Waals surface area contributed by atoms with Gasteiger partial charge in [-0.1, -0.05) is 12.1 Å². The van der Waals surface area contributed by atoms with Gasteiger partial charge in [-0.05, 0) is 49.1 Å². The van der Waals surface area contributed by atoms with Crippen molar-refractivity contribution < 1.29 is 13.6 Å². The summed E-state index contributed by atoms with van der Waals surface area (Å²) in [5.41, 5.74) is 3.48. The number of carbonyl (C=O) groups excluding carboxylic acids is 1. The average Bonchev–Trinajstić information content (AvgIpc) is 3.48. The number of rotatable bonds is 5. The maximum atomic E-state index is 13.4. The molecule has 3 heterocycles. The van der Waals surface area contributed by atoms with Gasteiger partial charge in [-0.25, -0.2) is 0 Å². The van der Waals surface area contributed by atoms with Crippen molar-refractivity contribution in [2.24, 2.45) is 7.05 Å². The summed E-state index contributed by atoms with van der Waals surface area (Å²) in [6, 6.07) is 11.8. The Labute approximate surface area is 172 Å². The third kappa shape index (κ3) is 3.22. The number of benzene rings is 1. The number of aryl methyl sites for hydroxylation is 1. The highest BCUT2D eigenvalue weighted by Gasteiger charge is 2.26. The minimum absolute atomic E-state index is 0.0119. The lowest BCUT2D eigenvalue weighted by molar-refractivity contribution is 0.0683. The normalized spacial score (nSPS) is 13.0. The van der Waals surface area contributed by atoms with Crippen LogP contribution in [-0.4, -0.2) is 20.6 Å². The topological polar surface area (TPSA) is 81.5 Å². The molecule has 0 N–H and O–H groups in total. The van der Waals surface area contributed by atoms with Gasteiger partial charge < -0.3 is 13.7 Å². The van der Waals surface area contributed by atoms with E-state index in [2.05, 4.69) is 5.10 Å². The van der Waals surface area contributed by atoms with Crippen molar-refractivity contribution in [3.63, 3.8) is 0 Å². The Morgan fingerprint density at radius 3 is 2.87 bits per heavy atom. The zero-order valence-corrected chi connectivity index (χ0v) is 16.6. The summed E-state index contributed by atoms with van der Waals surface area (Å²) < 4.78 is 13.2. The summed E-state index contributed by atoms with van der Waals surface area (Å²) in [4.78, 5) is 27.5. The first-order valence-corrected chi connectivity index (χ1v) is 9.98. The van der Waals surface area contributed by atoms with E-state index in [1.165, 1.54) is 17.3 Å². The van der Waals surface area contributed by atoms with Crippen LogP contribution in [-0.2, 0) is 33.0 Å². The fourth-order valence-corrected chi connectivity index (χ4v) is 4.16. The molecular weight excluding hydrogens is 382 g/mol. The lowest BCUT2D eigenvalue weighted by Crippen LogP contribution is -2.31. The first-order valence-electron chi connectivity index (χ1n) is 9.98. The van der Waals surface area contributed by atoms with Crippen molar-refractivity contribution in [2.75, 3.05) is 0 Å². The maximum Gasteiger partial charge on any atom is 0.290 e. The molecule has 0 saturated carbocycles. The van der Waals surface area contributed by atoms with Crippen LogP contribution in [0.3, 0.4) is 0 Å². The van der Waals surface area contributed by atoms with Crippen molar-refractivity contribution >= 4 is 16.9 Å². The molecule has 1 amide bonds. The summed E-state index contributed by atoms with van der Waals surface area (Å²) >= 11 is 0. The molecule has 0 bridgehead atoms. The number of fused-ring (bicyclic) bond motifs is 2. The third-order valence-electron chi connectivity index (χ3n) is 5.60. The van der Waals surface area contributed by atoms with Crippen LogP contribution < -0.4 is 5.43 Å². The Kier molecular flexibility index (Phi) is 4.50. The molecule has 0 atom stereocenters. The number of para-hydroxylation sites is 1. The second kappa shape index (κ2) is 7.33. The fourth-order valence-electron chi connectivity index (χ4n) is 4.16. The predicted molar refractivity (Wildman–Crippen MR) is 110 cm³/mol. The van der Waals surface area contributed by atoms with E-state index >= 15 is 0 Å². The number of furan rings is 1. The predicted octanol–water partition coefficient (Wildman–Crippen LogP) is 3.45. The van der Waals surface area contributed by atoms with E-state index in [-0.39, 0.29) is 23.6 Å². The van der Waals surface area contributed by atoms with E-state index in [1.54, 1.807) is 41.5 Å². The van der Waals surface area contributed by atoms with Gasteiger partial charge in [0.05, 0.1) is 30.4 Å². The molecule has 0 radical (unpaired) electrons. The molecule has 0 unspecified atom stereocenters. The van der Waals surface area contributed by atoms with Crippen LogP contribution in [0.25, 0.3) is 11.0 Å². The van der Waals surface area contributed by atoms with E-state index in [0.717, 1.165) is 25.0 Å². The molecule has 5 rings (SSSR count). The minimum Gasteiger partial charge on any atom is -0.467 e. The van der Waals surface area contributed by atoms with Crippen LogP contribution in [0.1, 0.15) is 39.7 Å². The lowest BCUT2D eigenvalue weighted by atomic mass is 10.1. The monoisotopic (exact) mass is 403 g/mol. The van der Waals surface area contributed by atoms with Crippen LogP contribution in [0.5, 0.6) is 0 Å². The molecule has 3 aromatic heterocycles. The molecule has 4 aromatic rings. The molecule has 7 nitrogen and oxygen atoms in total. The Morgan fingerprint density at radius 2 is 2.03 bits per heavy atom. The number of hydrogen-bond acceptors (Lipinski definition) is 5. The largest absolute Gasteiger partial charge is 0.467 e. The maximum absolute atomic E-state index is 13.4. The van der Waals surface area contributed by atoms with Crippen LogP contribution >= 0.6 is 0 Å². The quantitative estimate of drug-likeness (QED) is 0.510. The van der Waals surface area contributed by atoms with Gasteiger partial charge in [-0.15, -0.1) is 0 Å². The second-order valence-electron chi connectivity index (χ2n) is 7.56. The first kappa shape index (κ1) is 18.4. The van der Waals surface area contributed by atoms with Gasteiger partial charge in [0, 0.05) is 18.8 Å². The zero-order chi connectivity index (χ0) is 20.7. The van der Waals surface area contributed by atoms with Crippen LogP contribution in [0.2, 0.25) is 0 Å². The summed E-state index contributed by atoms with van der Waals surface area (Å²) in [5, 5.41) is 5.10. The Balaban J connectivity index is 1.52. The molecule has 30 heavy (non-hydrogen) atoms. The number of amides is 1. The highest BCUT2D eigenvalue weighted by Crippen LogP contribution is 2.26. The molecule has 7 heteroatoms. The third-order valence-corrected chi connectivity index (χ3v) is 5.60. The highest BCUT2D eigenvalue weighted by atomic mass is 16.3. The van der Waals surface area contributed by atoms with Gasteiger partial charge in [-0.3, -0.25) is 14.3 Å². The van der Waals surface area contributed by atoms with E-state index in [1.807, 2.05) is 17.8 Å². The minimum atomic E-state index is -0.369. The molecule has 0 aliphatic heterocycles. The fraction of sp³-hybridized carbons (Fsp3) is 0.261. The van der Waals surface area contributed by atoms with Gasteiger partial charge in [0.15, 0.2) is 11.2 Å². The SMILES string of the molecule is Cn1nc(CN(Cc2ccco2)C(=O)c2cc(=O)c3ccccc3o2)c2c1CCC2. The number of nitrogens with zero attached hydrogens (tertiary/aromatic N) is 3. The van der Waals surface area contributed by atoms with Gasteiger partial charge in [0.1, 0.15) is 11.3 Å². The molecule has 0 saturated heterocycles. The number of hydrogen-bond donors (Lipinski definition) is 0. The van der Waals surface area contributed by atoms with Crippen molar-refractivity contribution in [3.05, 3.63) is 87.4 Å². The van der Waals surface area contributed by atoms with Crippen molar-refractivity contribution in [1.29, 1.82) is 0 Å². The van der Waals surface area contributed by atoms with E-state index in [4.69, 9.17) is 8.83 Å². The zero-order valence-electron chi connectivity index (χ0n) is 16.6. The van der Waals surface area contributed by atoms with Crippen LogP contribution in [0.4, 0.5) is 0 Å². The highest BCUT2D eigenvalue weighted by molar-refractivity contribution is 5.93. The molecule has 1 aromatic carbocycles. The Bertz CT molecular complexity index is 1280. The molecule has 152 valence electrons. The summed E-state index contributed by atoms with van der Waals surface area (Å²) in [5.74, 6) is 0.295. The van der Waals surface area contributed by atoms with Gasteiger partial charge >= 0.3 is 0 Å². The summed E-state index contributed by atoms with van der Waals surface area (Å²) in [6.07, 6.45) is 4.64. The van der Waals surface area contributed by atoms with E-state index < -0.39 is 0 Å². The van der Waals surface area contributed by atoms with E-state index in [9.17, 15) is 9.59 Å². The second-order valence-corrected chi connectivity index (χ2v) is 7.56. The Morgan fingerprint density at radius 1 is 1.17 bits per heavy atom. The number of aromatic nitrogens is 2. The van der Waals surface area contributed by atoms with Crippen LogP contribution in [0, 0.1) is 0 Å². The van der Waals surface area contributed by atoms with Gasteiger partial charge in [0.2, 0.25) is 0 Å². The number of carbonyl (C=O) groups is 1. The van der Waals surface area contributed by atoms with Crippen LogP contribution in [0.15, 0.2) is 62.4 Å². The average molecular weight is 403 g/mol. The molecular formula is C23H21N3O4. The van der Waals surface area contributed by atoms with Gasteiger partial charge in [-0.2, -0.15) is 5.10 Å². The van der Waals surface area contributed by atoms with Crippen molar-refractivity contribution in [1.82, 2.24) is 14.7 Å². The van der Waals surface area contributed by atoms with Crippen molar-refractivity contribution in [2.45, 2.75) is 32.4 Å². The Hall–Kier alpha value is -3.61.